The van der Waals surface area contributed by atoms with Gasteiger partial charge in [0.1, 0.15) is 17.9 Å². The number of nitrogens with zero attached hydrogens (tertiary/aromatic N) is 4. The standard InChI is InChI=1S/C17H20N6O2/c1-11(16-20-12(2)22-25-16)19-17(24)21-14(13-7-5-4-6-8-13)15-18-9-10-23(15)3/h4-11,14H,1-3H3,(H2,19,21,24)/t11-,14+/m1/s1. The molecule has 2 aromatic heterocycles. The number of imidazole rings is 1. The number of nitrogens with one attached hydrogen (secondary N) is 2. The van der Waals surface area contributed by atoms with Gasteiger partial charge >= 0.3 is 6.03 Å². The third kappa shape index (κ3) is 3.85. The number of amides is 2. The number of rotatable bonds is 5. The highest BCUT2D eigenvalue weighted by molar-refractivity contribution is 5.75. The minimum atomic E-state index is -0.404. The molecule has 2 heterocycles. The van der Waals surface area contributed by atoms with E-state index in [2.05, 4.69) is 25.8 Å². The molecule has 2 N–H and O–H groups in total. The molecule has 8 nitrogen and oxygen atoms in total. The summed E-state index contributed by atoms with van der Waals surface area (Å²) in [5, 5.41) is 9.50. The van der Waals surface area contributed by atoms with E-state index >= 15 is 0 Å². The van der Waals surface area contributed by atoms with Gasteiger partial charge in [0.25, 0.3) is 0 Å². The van der Waals surface area contributed by atoms with E-state index in [0.29, 0.717) is 11.7 Å². The van der Waals surface area contributed by atoms with Crippen LogP contribution in [0.1, 0.15) is 42.1 Å². The second kappa shape index (κ2) is 7.16. The number of hydrogen-bond donors (Lipinski definition) is 2. The molecule has 0 spiro atoms. The van der Waals surface area contributed by atoms with Crippen molar-refractivity contribution in [1.29, 1.82) is 0 Å². The summed E-state index contributed by atoms with van der Waals surface area (Å²) in [7, 11) is 1.89. The molecule has 0 saturated heterocycles. The van der Waals surface area contributed by atoms with E-state index in [0.717, 1.165) is 11.4 Å². The van der Waals surface area contributed by atoms with E-state index in [1.54, 1.807) is 20.0 Å². The molecule has 0 saturated carbocycles. The van der Waals surface area contributed by atoms with Crippen LogP contribution in [0, 0.1) is 6.92 Å². The number of urea groups is 1. The lowest BCUT2D eigenvalue weighted by Gasteiger charge is -2.20. The van der Waals surface area contributed by atoms with Gasteiger partial charge in [0.05, 0.1) is 0 Å². The number of hydrogen-bond acceptors (Lipinski definition) is 5. The molecule has 2 amide bonds. The van der Waals surface area contributed by atoms with Crippen LogP contribution in [0.25, 0.3) is 0 Å². The van der Waals surface area contributed by atoms with Crippen molar-refractivity contribution in [3.63, 3.8) is 0 Å². The lowest BCUT2D eigenvalue weighted by Crippen LogP contribution is -2.40. The molecular weight excluding hydrogens is 320 g/mol. The van der Waals surface area contributed by atoms with Crippen LogP contribution in [0.2, 0.25) is 0 Å². The van der Waals surface area contributed by atoms with Crippen molar-refractivity contribution < 1.29 is 9.32 Å². The minimum absolute atomic E-state index is 0.347. The van der Waals surface area contributed by atoms with Crippen molar-refractivity contribution in [2.75, 3.05) is 0 Å². The zero-order chi connectivity index (χ0) is 17.8. The van der Waals surface area contributed by atoms with Gasteiger partial charge in [0.15, 0.2) is 5.82 Å². The van der Waals surface area contributed by atoms with Gasteiger partial charge in [-0.1, -0.05) is 35.5 Å². The molecule has 3 rings (SSSR count). The van der Waals surface area contributed by atoms with E-state index in [1.807, 2.05) is 48.1 Å². The average Bonchev–Trinajstić information content (AvgIpc) is 3.22. The van der Waals surface area contributed by atoms with E-state index < -0.39 is 6.04 Å². The lowest BCUT2D eigenvalue weighted by molar-refractivity contribution is 0.231. The molecular formula is C17H20N6O2. The number of carbonyl (C=O) groups excluding carboxylic acids is 1. The average molecular weight is 340 g/mol. The lowest BCUT2D eigenvalue weighted by atomic mass is 10.1. The van der Waals surface area contributed by atoms with Gasteiger partial charge in [0, 0.05) is 19.4 Å². The molecule has 0 aliphatic rings. The van der Waals surface area contributed by atoms with Crippen molar-refractivity contribution in [2.45, 2.75) is 25.9 Å². The van der Waals surface area contributed by atoms with Crippen molar-refractivity contribution in [3.8, 4) is 0 Å². The Labute approximate surface area is 145 Å². The van der Waals surface area contributed by atoms with Crippen LogP contribution in [0.15, 0.2) is 47.2 Å². The second-order valence-corrected chi connectivity index (χ2v) is 5.76. The molecule has 0 fully saturated rings. The van der Waals surface area contributed by atoms with Crippen molar-refractivity contribution in [1.82, 2.24) is 30.3 Å². The highest BCUT2D eigenvalue weighted by atomic mass is 16.5. The van der Waals surface area contributed by atoms with E-state index in [1.165, 1.54) is 0 Å². The van der Waals surface area contributed by atoms with Crippen LogP contribution >= 0.6 is 0 Å². The van der Waals surface area contributed by atoms with E-state index in [4.69, 9.17) is 4.52 Å². The predicted molar refractivity (Wildman–Crippen MR) is 90.6 cm³/mol. The molecule has 130 valence electrons. The van der Waals surface area contributed by atoms with Crippen molar-refractivity contribution in [3.05, 3.63) is 65.8 Å². The third-order valence-electron chi connectivity index (χ3n) is 3.79. The fourth-order valence-corrected chi connectivity index (χ4v) is 2.52. The molecule has 0 aliphatic carbocycles. The summed E-state index contributed by atoms with van der Waals surface area (Å²) in [4.78, 5) is 21.0. The Morgan fingerprint density at radius 1 is 1.24 bits per heavy atom. The van der Waals surface area contributed by atoms with E-state index in [-0.39, 0.29) is 12.1 Å². The van der Waals surface area contributed by atoms with Gasteiger partial charge in [-0.15, -0.1) is 0 Å². The topological polar surface area (TPSA) is 97.9 Å². The first-order chi connectivity index (χ1) is 12.0. The van der Waals surface area contributed by atoms with Crippen LogP contribution < -0.4 is 10.6 Å². The fourth-order valence-electron chi connectivity index (χ4n) is 2.52. The number of aryl methyl sites for hydroxylation is 2. The number of carbonyl (C=O) groups is 1. The third-order valence-corrected chi connectivity index (χ3v) is 3.79. The summed E-state index contributed by atoms with van der Waals surface area (Å²) in [6.45, 7) is 3.51. The van der Waals surface area contributed by atoms with Gasteiger partial charge in [-0.3, -0.25) is 0 Å². The number of benzene rings is 1. The first-order valence-electron chi connectivity index (χ1n) is 7.94. The zero-order valence-electron chi connectivity index (χ0n) is 14.3. The summed E-state index contributed by atoms with van der Waals surface area (Å²) < 4.78 is 6.97. The summed E-state index contributed by atoms with van der Waals surface area (Å²) in [5.41, 5.74) is 0.938. The normalized spacial score (nSPS) is 13.2. The van der Waals surface area contributed by atoms with Gasteiger partial charge in [-0.2, -0.15) is 4.98 Å². The Morgan fingerprint density at radius 2 is 2.00 bits per heavy atom. The molecule has 25 heavy (non-hydrogen) atoms. The van der Waals surface area contributed by atoms with Crippen LogP contribution in [0.3, 0.4) is 0 Å². The van der Waals surface area contributed by atoms with Crippen molar-refractivity contribution in [2.24, 2.45) is 7.05 Å². The maximum absolute atomic E-state index is 12.5. The van der Waals surface area contributed by atoms with Crippen molar-refractivity contribution >= 4 is 6.03 Å². The Hall–Kier alpha value is -3.16. The van der Waals surface area contributed by atoms with Gasteiger partial charge in [0.2, 0.25) is 5.89 Å². The van der Waals surface area contributed by atoms with Crippen LogP contribution in [0.5, 0.6) is 0 Å². The summed E-state index contributed by atoms with van der Waals surface area (Å²) in [5.74, 6) is 1.63. The smallest absolute Gasteiger partial charge is 0.316 e. The summed E-state index contributed by atoms with van der Waals surface area (Å²) in [6, 6.07) is 8.55. The monoisotopic (exact) mass is 340 g/mol. The highest BCUT2D eigenvalue weighted by Gasteiger charge is 2.22. The molecule has 3 aromatic rings. The first kappa shape index (κ1) is 16.7. The highest BCUT2D eigenvalue weighted by Crippen LogP contribution is 2.20. The maximum atomic E-state index is 12.5. The first-order valence-corrected chi connectivity index (χ1v) is 7.94. The fraction of sp³-hybridized carbons (Fsp3) is 0.294. The summed E-state index contributed by atoms with van der Waals surface area (Å²) >= 11 is 0. The second-order valence-electron chi connectivity index (χ2n) is 5.76. The molecule has 8 heteroatoms. The Morgan fingerprint density at radius 3 is 2.60 bits per heavy atom. The maximum Gasteiger partial charge on any atom is 0.316 e. The van der Waals surface area contributed by atoms with Crippen LogP contribution in [-0.2, 0) is 7.05 Å². The number of aromatic nitrogens is 4. The predicted octanol–water partition coefficient (Wildman–Crippen LogP) is 2.26. The molecule has 0 unspecified atom stereocenters. The molecule has 0 aliphatic heterocycles. The Kier molecular flexibility index (Phi) is 4.78. The molecule has 0 radical (unpaired) electrons. The SMILES string of the molecule is Cc1noc([C@@H](C)NC(=O)N[C@@H](c2ccccc2)c2nccn2C)n1. The minimum Gasteiger partial charge on any atom is -0.337 e. The largest absolute Gasteiger partial charge is 0.337 e. The quantitative estimate of drug-likeness (QED) is 0.742. The van der Waals surface area contributed by atoms with Crippen LogP contribution in [0.4, 0.5) is 4.79 Å². The van der Waals surface area contributed by atoms with Gasteiger partial charge < -0.3 is 19.7 Å². The van der Waals surface area contributed by atoms with Gasteiger partial charge in [-0.05, 0) is 19.4 Å². The molecule has 0 bridgehead atoms. The molecule has 1 aromatic carbocycles. The Balaban J connectivity index is 1.76. The van der Waals surface area contributed by atoms with Gasteiger partial charge in [-0.25, -0.2) is 9.78 Å². The van der Waals surface area contributed by atoms with Crippen LogP contribution in [-0.4, -0.2) is 25.7 Å². The molecule has 2 atom stereocenters. The summed E-state index contributed by atoms with van der Waals surface area (Å²) in [6.07, 6.45) is 3.55. The Bertz CT molecular complexity index is 842. The van der Waals surface area contributed by atoms with E-state index in [9.17, 15) is 4.79 Å². The zero-order valence-corrected chi connectivity index (χ0v) is 14.3.